The van der Waals surface area contributed by atoms with Crippen LogP contribution in [0.1, 0.15) is 13.8 Å². The van der Waals surface area contributed by atoms with Crippen LogP contribution >= 0.6 is 0 Å². The molecule has 4 nitrogen and oxygen atoms in total. The molecule has 0 aliphatic heterocycles. The number of hydrogen-bond acceptors (Lipinski definition) is 4. The lowest BCUT2D eigenvalue weighted by Crippen LogP contribution is -2.32. The molecule has 1 aliphatic rings. The minimum absolute atomic E-state index is 0.130. The van der Waals surface area contributed by atoms with Gasteiger partial charge in [-0.1, -0.05) is 61.6 Å². The Labute approximate surface area is 134 Å². The van der Waals surface area contributed by atoms with Crippen LogP contribution in [0.5, 0.6) is 0 Å². The Bertz CT molecular complexity index is 812. The maximum atomic E-state index is 10.9. The van der Waals surface area contributed by atoms with Crippen molar-refractivity contribution in [1.82, 2.24) is 0 Å². The Hall–Kier alpha value is -2.88. The maximum absolute atomic E-state index is 10.9. The highest BCUT2D eigenvalue weighted by molar-refractivity contribution is 5.69. The van der Waals surface area contributed by atoms with Gasteiger partial charge in [-0.05, 0) is 6.92 Å². The summed E-state index contributed by atoms with van der Waals surface area (Å²) >= 11 is 0. The van der Waals surface area contributed by atoms with Gasteiger partial charge in [0.1, 0.15) is 11.5 Å². The first-order valence-corrected chi connectivity index (χ1v) is 7.18. The molecule has 1 unspecified atom stereocenters. The first-order valence-electron chi connectivity index (χ1n) is 7.18. The summed E-state index contributed by atoms with van der Waals surface area (Å²) in [5.74, 6) is 0.695. The Morgan fingerprint density at radius 1 is 1.04 bits per heavy atom. The number of carbonyl (C=O) groups is 2. The standard InChI is InChI=1S/C19H18O4/c1-13-8-9-14(2)18(22-11-20)16-6-4-5-7-17(16)19(23-12-21)15(3)10-13/h4-12,15H,2H2,1,3H3/b9-8-,13-10-,18-16+,19-17+. The van der Waals surface area contributed by atoms with Gasteiger partial charge in [0.2, 0.25) is 0 Å². The van der Waals surface area contributed by atoms with Crippen molar-refractivity contribution in [2.24, 2.45) is 5.92 Å². The van der Waals surface area contributed by atoms with Gasteiger partial charge in [0.25, 0.3) is 12.9 Å². The largest absolute Gasteiger partial charge is 0.432 e. The van der Waals surface area contributed by atoms with Crippen LogP contribution in [0.4, 0.5) is 0 Å². The van der Waals surface area contributed by atoms with Crippen molar-refractivity contribution in [3.05, 3.63) is 70.7 Å². The van der Waals surface area contributed by atoms with Crippen LogP contribution in [0, 0.1) is 5.92 Å². The van der Waals surface area contributed by atoms with Crippen LogP contribution in [-0.4, -0.2) is 12.9 Å². The summed E-state index contributed by atoms with van der Waals surface area (Å²) in [4.78, 5) is 21.8. The van der Waals surface area contributed by atoms with Gasteiger partial charge in [-0.3, -0.25) is 9.59 Å². The molecular formula is C19H18O4. The third-order valence-electron chi connectivity index (χ3n) is 3.54. The van der Waals surface area contributed by atoms with Crippen molar-refractivity contribution in [3.63, 3.8) is 0 Å². The van der Waals surface area contributed by atoms with Crippen molar-refractivity contribution < 1.29 is 19.1 Å². The highest BCUT2D eigenvalue weighted by Crippen LogP contribution is 2.18. The predicted octanol–water partition coefficient (Wildman–Crippen LogP) is 1.96. The van der Waals surface area contributed by atoms with Crippen molar-refractivity contribution in [3.8, 4) is 0 Å². The van der Waals surface area contributed by atoms with Crippen molar-refractivity contribution in [1.29, 1.82) is 0 Å². The molecule has 1 atom stereocenters. The Morgan fingerprint density at radius 3 is 2.35 bits per heavy atom. The normalized spacial score (nSPS) is 26.3. The SMILES string of the molecule is C=C1/C=C\C(C)=C/C(C)/C(OC=O)=c2/cccc/c2=C/1OC=O. The van der Waals surface area contributed by atoms with Crippen LogP contribution in [0.25, 0.3) is 11.5 Å². The number of benzene rings is 1. The van der Waals surface area contributed by atoms with Gasteiger partial charge < -0.3 is 9.47 Å². The molecule has 0 saturated heterocycles. The van der Waals surface area contributed by atoms with E-state index in [4.69, 9.17) is 9.47 Å². The lowest BCUT2D eigenvalue weighted by Gasteiger charge is -2.14. The molecule has 0 N–H and O–H groups in total. The van der Waals surface area contributed by atoms with E-state index in [0.29, 0.717) is 40.5 Å². The topological polar surface area (TPSA) is 52.6 Å². The summed E-state index contributed by atoms with van der Waals surface area (Å²) in [7, 11) is 0. The van der Waals surface area contributed by atoms with E-state index >= 15 is 0 Å². The van der Waals surface area contributed by atoms with E-state index in [1.165, 1.54) is 0 Å². The molecule has 0 saturated carbocycles. The van der Waals surface area contributed by atoms with Gasteiger partial charge in [-0.25, -0.2) is 0 Å². The molecule has 4 heteroatoms. The summed E-state index contributed by atoms with van der Waals surface area (Å²) in [5.41, 5.74) is 1.53. The molecule has 0 bridgehead atoms. The average Bonchev–Trinajstić information content (AvgIpc) is 2.54. The molecule has 0 spiro atoms. The molecular weight excluding hydrogens is 292 g/mol. The van der Waals surface area contributed by atoms with Crippen molar-refractivity contribution >= 4 is 24.5 Å². The lowest BCUT2D eigenvalue weighted by molar-refractivity contribution is -0.123. The van der Waals surface area contributed by atoms with Crippen LogP contribution in [-0.2, 0) is 19.1 Å². The van der Waals surface area contributed by atoms with Gasteiger partial charge in [0.15, 0.2) is 0 Å². The molecule has 0 heterocycles. The zero-order valence-electron chi connectivity index (χ0n) is 13.1. The summed E-state index contributed by atoms with van der Waals surface area (Å²) in [6, 6.07) is 7.27. The van der Waals surface area contributed by atoms with E-state index in [0.717, 1.165) is 5.57 Å². The summed E-state index contributed by atoms with van der Waals surface area (Å²) in [6.45, 7) is 8.60. The molecule has 1 aromatic rings. The number of hydrogen-bond donors (Lipinski definition) is 0. The van der Waals surface area contributed by atoms with Crippen molar-refractivity contribution in [2.45, 2.75) is 13.8 Å². The molecule has 0 aromatic heterocycles. The molecule has 0 amide bonds. The second kappa shape index (κ2) is 7.40. The summed E-state index contributed by atoms with van der Waals surface area (Å²) in [6.07, 6.45) is 5.66. The highest BCUT2D eigenvalue weighted by atomic mass is 16.5. The molecule has 118 valence electrons. The minimum Gasteiger partial charge on any atom is -0.432 e. The third kappa shape index (κ3) is 3.66. The van der Waals surface area contributed by atoms with E-state index in [2.05, 4.69) is 6.58 Å². The number of carbonyl (C=O) groups excluding carboxylic acids is 2. The van der Waals surface area contributed by atoms with Gasteiger partial charge in [-0.15, -0.1) is 0 Å². The fourth-order valence-electron chi connectivity index (χ4n) is 2.56. The second-order valence-electron chi connectivity index (χ2n) is 5.23. The monoisotopic (exact) mass is 310 g/mol. The van der Waals surface area contributed by atoms with Gasteiger partial charge in [0, 0.05) is 21.9 Å². The number of rotatable bonds is 4. The third-order valence-corrected chi connectivity index (χ3v) is 3.54. The van der Waals surface area contributed by atoms with Crippen LogP contribution in [0.2, 0.25) is 0 Å². The molecule has 2 rings (SSSR count). The second-order valence-corrected chi connectivity index (χ2v) is 5.23. The fourth-order valence-corrected chi connectivity index (χ4v) is 2.56. The Kier molecular flexibility index (Phi) is 5.31. The lowest BCUT2D eigenvalue weighted by atomic mass is 9.99. The predicted molar refractivity (Wildman–Crippen MR) is 88.0 cm³/mol. The molecule has 1 aromatic carbocycles. The van der Waals surface area contributed by atoms with Gasteiger partial charge in [-0.2, -0.15) is 0 Å². The van der Waals surface area contributed by atoms with E-state index in [1.807, 2.05) is 44.2 Å². The van der Waals surface area contributed by atoms with Crippen LogP contribution in [0.3, 0.4) is 0 Å². The number of fused-ring (bicyclic) bond motifs is 1. The summed E-state index contributed by atoms with van der Waals surface area (Å²) < 4.78 is 10.4. The zero-order chi connectivity index (χ0) is 16.8. The molecule has 0 fully saturated rings. The zero-order valence-corrected chi connectivity index (χ0v) is 13.1. The maximum Gasteiger partial charge on any atom is 0.298 e. The fraction of sp³-hybridized carbons (Fsp3) is 0.158. The van der Waals surface area contributed by atoms with Gasteiger partial charge in [0.05, 0.1) is 0 Å². The van der Waals surface area contributed by atoms with Crippen LogP contribution in [0.15, 0.2) is 60.2 Å². The quantitative estimate of drug-likeness (QED) is 0.798. The van der Waals surface area contributed by atoms with E-state index in [9.17, 15) is 9.59 Å². The average molecular weight is 310 g/mol. The van der Waals surface area contributed by atoms with Crippen molar-refractivity contribution in [2.75, 3.05) is 0 Å². The molecule has 0 radical (unpaired) electrons. The first kappa shape index (κ1) is 16.5. The van der Waals surface area contributed by atoms with E-state index < -0.39 is 0 Å². The Morgan fingerprint density at radius 2 is 1.70 bits per heavy atom. The van der Waals surface area contributed by atoms with Gasteiger partial charge >= 0.3 is 0 Å². The first-order chi connectivity index (χ1) is 11.1. The number of allylic oxidation sites excluding steroid dienone is 2. The number of ether oxygens (including phenoxy) is 2. The minimum atomic E-state index is -0.130. The van der Waals surface area contributed by atoms with Crippen LogP contribution < -0.4 is 10.4 Å². The van der Waals surface area contributed by atoms with E-state index in [1.54, 1.807) is 12.1 Å². The summed E-state index contributed by atoms with van der Waals surface area (Å²) in [5, 5.41) is 1.33. The molecule has 23 heavy (non-hydrogen) atoms. The smallest absolute Gasteiger partial charge is 0.298 e. The van der Waals surface area contributed by atoms with E-state index in [-0.39, 0.29) is 5.92 Å². The highest BCUT2D eigenvalue weighted by Gasteiger charge is 2.13. The Balaban J connectivity index is 2.98. The molecule has 1 aliphatic carbocycles.